The van der Waals surface area contributed by atoms with Gasteiger partial charge in [0.1, 0.15) is 0 Å². The van der Waals surface area contributed by atoms with Gasteiger partial charge in [-0.25, -0.2) is 0 Å². The van der Waals surface area contributed by atoms with Gasteiger partial charge >= 0.3 is 0 Å². The molecule has 0 aliphatic heterocycles. The van der Waals surface area contributed by atoms with Crippen LogP contribution in [0.1, 0.15) is 15.8 Å². The third-order valence-electron chi connectivity index (χ3n) is 2.49. The third kappa shape index (κ3) is 3.00. The summed E-state index contributed by atoms with van der Waals surface area (Å²) >= 11 is 7.76. The van der Waals surface area contributed by atoms with Gasteiger partial charge in [0.2, 0.25) is 0 Å². The highest BCUT2D eigenvalue weighted by molar-refractivity contribution is 7.12. The highest BCUT2D eigenvalue weighted by Gasteiger charge is 2.13. The van der Waals surface area contributed by atoms with Crippen LogP contribution < -0.4 is 5.32 Å². The zero-order valence-corrected chi connectivity index (χ0v) is 11.1. The van der Waals surface area contributed by atoms with Gasteiger partial charge in [-0.1, -0.05) is 23.7 Å². The molecule has 0 radical (unpaired) electrons. The summed E-state index contributed by atoms with van der Waals surface area (Å²) in [7, 11) is 0. The Labute approximate surface area is 110 Å². The van der Waals surface area contributed by atoms with E-state index in [1.54, 1.807) is 11.3 Å². The maximum Gasteiger partial charge on any atom is 0.0838 e. The number of hydrogen-bond donors (Lipinski definition) is 2. The van der Waals surface area contributed by atoms with Crippen LogP contribution in [0.3, 0.4) is 0 Å². The van der Waals surface area contributed by atoms with E-state index in [2.05, 4.69) is 18.3 Å². The average molecular weight is 268 g/mol. The van der Waals surface area contributed by atoms with Gasteiger partial charge in [-0.05, 0) is 31.2 Å². The Kier molecular flexibility index (Phi) is 4.05. The van der Waals surface area contributed by atoms with Crippen molar-refractivity contribution >= 4 is 28.6 Å². The molecule has 1 atom stereocenters. The number of rotatable bonds is 4. The van der Waals surface area contributed by atoms with Crippen molar-refractivity contribution < 1.29 is 5.11 Å². The lowest BCUT2D eigenvalue weighted by molar-refractivity contribution is 0.278. The Morgan fingerprint density at radius 2 is 2.06 bits per heavy atom. The van der Waals surface area contributed by atoms with Crippen LogP contribution in [0.2, 0.25) is 5.02 Å². The molecule has 0 saturated carbocycles. The number of aliphatic hydroxyl groups is 1. The van der Waals surface area contributed by atoms with E-state index in [9.17, 15) is 5.11 Å². The summed E-state index contributed by atoms with van der Waals surface area (Å²) in [5.74, 6) is 0. The second-order valence-corrected chi connectivity index (χ2v) is 5.53. The van der Waals surface area contributed by atoms with Crippen molar-refractivity contribution in [3.8, 4) is 0 Å². The molecule has 0 aliphatic rings. The van der Waals surface area contributed by atoms with E-state index >= 15 is 0 Å². The smallest absolute Gasteiger partial charge is 0.0838 e. The fourth-order valence-corrected chi connectivity index (χ4v) is 2.72. The first-order valence-electron chi connectivity index (χ1n) is 5.39. The molecule has 0 bridgehead atoms. The number of benzene rings is 1. The van der Waals surface area contributed by atoms with Crippen molar-refractivity contribution in [2.24, 2.45) is 0 Å². The molecule has 1 unspecified atom stereocenters. The van der Waals surface area contributed by atoms with Gasteiger partial charge in [-0.15, -0.1) is 11.3 Å². The highest BCUT2D eigenvalue weighted by atomic mass is 35.5. The fourth-order valence-electron chi connectivity index (χ4n) is 1.61. The number of aryl methyl sites for hydroxylation is 1. The molecule has 2 aromatic rings. The second kappa shape index (κ2) is 5.54. The van der Waals surface area contributed by atoms with Gasteiger partial charge in [0, 0.05) is 9.75 Å². The summed E-state index contributed by atoms with van der Waals surface area (Å²) in [5.41, 5.74) is 0.847. The molecule has 0 spiro atoms. The van der Waals surface area contributed by atoms with Crippen LogP contribution >= 0.6 is 22.9 Å². The summed E-state index contributed by atoms with van der Waals surface area (Å²) in [6.07, 6.45) is 0. The molecule has 0 aliphatic carbocycles. The van der Waals surface area contributed by atoms with Gasteiger partial charge < -0.3 is 10.4 Å². The minimum atomic E-state index is -0.103. The van der Waals surface area contributed by atoms with Crippen LogP contribution in [0.5, 0.6) is 0 Å². The van der Waals surface area contributed by atoms with E-state index in [-0.39, 0.29) is 12.6 Å². The number of hydrogen-bond acceptors (Lipinski definition) is 3. The lowest BCUT2D eigenvalue weighted by Crippen LogP contribution is -2.13. The Balaban J connectivity index is 2.18. The molecule has 1 aromatic heterocycles. The number of thiophene rings is 1. The van der Waals surface area contributed by atoms with Gasteiger partial charge in [0.05, 0.1) is 23.4 Å². The summed E-state index contributed by atoms with van der Waals surface area (Å²) in [6.45, 7) is 2.10. The van der Waals surface area contributed by atoms with Crippen LogP contribution in [0.15, 0.2) is 36.4 Å². The van der Waals surface area contributed by atoms with E-state index in [0.29, 0.717) is 5.02 Å². The minimum Gasteiger partial charge on any atom is -0.394 e. The summed E-state index contributed by atoms with van der Waals surface area (Å²) < 4.78 is 0. The van der Waals surface area contributed by atoms with Crippen molar-refractivity contribution in [2.45, 2.75) is 13.0 Å². The summed E-state index contributed by atoms with van der Waals surface area (Å²) in [4.78, 5) is 2.35. The highest BCUT2D eigenvalue weighted by Crippen LogP contribution is 2.29. The standard InChI is InChI=1S/C13H14ClNOS/c1-9-6-7-13(17-9)12(8-16)15-11-5-3-2-4-10(11)14/h2-7,12,15-16H,8H2,1H3. The molecular weight excluding hydrogens is 254 g/mol. The first kappa shape index (κ1) is 12.4. The monoisotopic (exact) mass is 267 g/mol. The van der Waals surface area contributed by atoms with Crippen molar-refractivity contribution in [3.63, 3.8) is 0 Å². The van der Waals surface area contributed by atoms with Crippen LogP contribution in [-0.4, -0.2) is 11.7 Å². The van der Waals surface area contributed by atoms with Gasteiger partial charge in [-0.2, -0.15) is 0 Å². The lowest BCUT2D eigenvalue weighted by atomic mass is 10.2. The predicted octanol–water partition coefficient (Wildman–Crippen LogP) is 3.86. The van der Waals surface area contributed by atoms with E-state index in [0.717, 1.165) is 10.6 Å². The molecule has 1 aromatic carbocycles. The number of anilines is 1. The molecule has 0 fully saturated rings. The quantitative estimate of drug-likeness (QED) is 0.882. The Morgan fingerprint density at radius 3 is 2.65 bits per heavy atom. The number of nitrogens with one attached hydrogen (secondary N) is 1. The Bertz CT molecular complexity index is 498. The first-order chi connectivity index (χ1) is 8.20. The molecule has 0 amide bonds. The van der Waals surface area contributed by atoms with Crippen molar-refractivity contribution in [2.75, 3.05) is 11.9 Å². The zero-order chi connectivity index (χ0) is 12.3. The Hall–Kier alpha value is -1.03. The number of para-hydroxylation sites is 1. The molecule has 2 nitrogen and oxygen atoms in total. The van der Waals surface area contributed by atoms with Crippen molar-refractivity contribution in [3.05, 3.63) is 51.2 Å². The number of aliphatic hydroxyl groups excluding tert-OH is 1. The minimum absolute atomic E-state index is 0.0468. The van der Waals surface area contributed by atoms with Gasteiger partial charge in [0.25, 0.3) is 0 Å². The summed E-state index contributed by atoms with van der Waals surface area (Å²) in [6, 6.07) is 11.5. The molecule has 17 heavy (non-hydrogen) atoms. The molecule has 2 N–H and O–H groups in total. The Morgan fingerprint density at radius 1 is 1.29 bits per heavy atom. The summed E-state index contributed by atoms with van der Waals surface area (Å²) in [5, 5.41) is 13.4. The topological polar surface area (TPSA) is 32.3 Å². The van der Waals surface area contributed by atoms with Crippen molar-refractivity contribution in [1.29, 1.82) is 0 Å². The SMILES string of the molecule is Cc1ccc(C(CO)Nc2ccccc2Cl)s1. The van der Waals surface area contributed by atoms with E-state index in [4.69, 9.17) is 11.6 Å². The number of halogens is 1. The zero-order valence-electron chi connectivity index (χ0n) is 9.48. The molecule has 4 heteroatoms. The van der Waals surface area contributed by atoms with Crippen LogP contribution in [0.4, 0.5) is 5.69 Å². The third-order valence-corrected chi connectivity index (χ3v) is 3.93. The molecule has 0 saturated heterocycles. The van der Waals surface area contributed by atoms with E-state index in [1.807, 2.05) is 30.3 Å². The van der Waals surface area contributed by atoms with E-state index < -0.39 is 0 Å². The maximum atomic E-state index is 9.44. The van der Waals surface area contributed by atoms with Crippen molar-refractivity contribution in [1.82, 2.24) is 0 Å². The predicted molar refractivity (Wildman–Crippen MR) is 74.0 cm³/mol. The van der Waals surface area contributed by atoms with Crippen LogP contribution in [-0.2, 0) is 0 Å². The fraction of sp³-hybridized carbons (Fsp3) is 0.231. The molecule has 90 valence electrons. The van der Waals surface area contributed by atoms with Gasteiger partial charge in [0.15, 0.2) is 0 Å². The molecular formula is C13H14ClNOS. The first-order valence-corrected chi connectivity index (χ1v) is 6.58. The largest absolute Gasteiger partial charge is 0.394 e. The van der Waals surface area contributed by atoms with E-state index in [1.165, 1.54) is 4.88 Å². The normalized spacial score (nSPS) is 12.4. The van der Waals surface area contributed by atoms with Gasteiger partial charge in [-0.3, -0.25) is 0 Å². The van der Waals surface area contributed by atoms with Crippen LogP contribution in [0, 0.1) is 6.92 Å². The maximum absolute atomic E-state index is 9.44. The second-order valence-electron chi connectivity index (χ2n) is 3.81. The van der Waals surface area contributed by atoms with Crippen LogP contribution in [0.25, 0.3) is 0 Å². The average Bonchev–Trinajstić information content (AvgIpc) is 2.75. The molecule has 1 heterocycles. The lowest BCUT2D eigenvalue weighted by Gasteiger charge is -2.17. The molecule has 2 rings (SSSR count).